The summed E-state index contributed by atoms with van der Waals surface area (Å²) in [5.41, 5.74) is -4.64. The van der Waals surface area contributed by atoms with Crippen LogP contribution in [0.2, 0.25) is 0 Å². The number of benzene rings is 2. The van der Waals surface area contributed by atoms with Crippen LogP contribution in [0.5, 0.6) is 0 Å². The van der Waals surface area contributed by atoms with E-state index in [0.717, 1.165) is 12.1 Å². The van der Waals surface area contributed by atoms with Crippen molar-refractivity contribution in [3.63, 3.8) is 0 Å². The Kier molecular flexibility index (Phi) is 9.20. The number of alkyl halides is 6. The molecular weight excluding hydrogens is 598 g/mol. The largest absolute Gasteiger partial charge is 0.417 e. The molecule has 0 radical (unpaired) electrons. The molecule has 0 atom stereocenters. The van der Waals surface area contributed by atoms with Gasteiger partial charge in [0.15, 0.2) is 0 Å². The van der Waals surface area contributed by atoms with Crippen molar-refractivity contribution >= 4 is 55.0 Å². The van der Waals surface area contributed by atoms with Crippen LogP contribution in [0.4, 0.5) is 37.7 Å². The number of carbonyl (C=O) groups is 2. The van der Waals surface area contributed by atoms with Crippen LogP contribution in [0.3, 0.4) is 0 Å². The third kappa shape index (κ3) is 6.97. The highest BCUT2D eigenvalue weighted by atomic mass is 79.9. The molecule has 4 nitrogen and oxygen atoms in total. The molecule has 2 rings (SSSR count). The molecule has 0 aromatic heterocycles. The number of nitrogens with one attached hydrogen (secondary N) is 2. The summed E-state index contributed by atoms with van der Waals surface area (Å²) in [6, 6.07) is 2.96. The maximum absolute atomic E-state index is 13.9. The second kappa shape index (κ2) is 11.1. The summed E-state index contributed by atoms with van der Waals surface area (Å²) in [6.07, 6.45) is -9.01. The zero-order chi connectivity index (χ0) is 25.8. The Morgan fingerprint density at radius 1 is 0.706 bits per heavy atom. The Balaban J connectivity index is 2.75. The molecule has 2 aromatic carbocycles. The molecule has 186 valence electrons. The van der Waals surface area contributed by atoms with E-state index in [2.05, 4.69) is 42.5 Å². The molecular formula is C22H20Br2F6N2O2. The van der Waals surface area contributed by atoms with Crippen molar-refractivity contribution in [2.75, 3.05) is 10.6 Å². The van der Waals surface area contributed by atoms with Gasteiger partial charge in [-0.25, -0.2) is 0 Å². The summed E-state index contributed by atoms with van der Waals surface area (Å²) >= 11 is 6.10. The van der Waals surface area contributed by atoms with Crippen LogP contribution in [0.15, 0.2) is 33.2 Å². The van der Waals surface area contributed by atoms with Crippen molar-refractivity contribution in [2.45, 2.75) is 51.9 Å². The molecule has 0 heterocycles. The summed E-state index contributed by atoms with van der Waals surface area (Å²) in [5.74, 6) is -1.06. The van der Waals surface area contributed by atoms with E-state index in [9.17, 15) is 35.9 Å². The summed E-state index contributed by atoms with van der Waals surface area (Å²) < 4.78 is 83.5. The second-order valence-electron chi connectivity index (χ2n) is 7.35. The van der Waals surface area contributed by atoms with Gasteiger partial charge in [-0.2, -0.15) is 26.3 Å². The van der Waals surface area contributed by atoms with Crippen LogP contribution in [0.1, 0.15) is 50.7 Å². The summed E-state index contributed by atoms with van der Waals surface area (Å²) in [7, 11) is 0. The van der Waals surface area contributed by atoms with Gasteiger partial charge < -0.3 is 10.6 Å². The molecule has 0 aliphatic carbocycles. The first-order chi connectivity index (χ1) is 15.7. The minimum Gasteiger partial charge on any atom is -0.325 e. The summed E-state index contributed by atoms with van der Waals surface area (Å²) in [6.45, 7) is 3.42. The van der Waals surface area contributed by atoms with Crippen molar-refractivity contribution in [1.82, 2.24) is 0 Å². The lowest BCUT2D eigenvalue weighted by Crippen LogP contribution is -2.16. The van der Waals surface area contributed by atoms with Crippen LogP contribution in [0, 0.1) is 0 Å². The van der Waals surface area contributed by atoms with Crippen LogP contribution < -0.4 is 10.6 Å². The quantitative estimate of drug-likeness (QED) is 0.307. The monoisotopic (exact) mass is 616 g/mol. The molecule has 0 bridgehead atoms. The Labute approximate surface area is 208 Å². The van der Waals surface area contributed by atoms with E-state index < -0.39 is 46.4 Å². The molecule has 0 aliphatic rings. The normalized spacial score (nSPS) is 11.9. The van der Waals surface area contributed by atoms with Crippen molar-refractivity contribution in [1.29, 1.82) is 0 Å². The van der Waals surface area contributed by atoms with E-state index in [4.69, 9.17) is 0 Å². The van der Waals surface area contributed by atoms with E-state index in [0.29, 0.717) is 25.0 Å². The Morgan fingerprint density at radius 3 is 1.29 bits per heavy atom. The van der Waals surface area contributed by atoms with Gasteiger partial charge in [-0.15, -0.1) is 0 Å². The predicted octanol–water partition coefficient (Wildman–Crippen LogP) is 8.39. The predicted molar refractivity (Wildman–Crippen MR) is 124 cm³/mol. The summed E-state index contributed by atoms with van der Waals surface area (Å²) in [5, 5.41) is 4.67. The van der Waals surface area contributed by atoms with E-state index in [1.54, 1.807) is 13.8 Å². The van der Waals surface area contributed by atoms with Crippen molar-refractivity contribution < 1.29 is 35.9 Å². The number of amides is 2. The summed E-state index contributed by atoms with van der Waals surface area (Å²) in [4.78, 5) is 23.8. The maximum Gasteiger partial charge on any atom is 0.417 e. The van der Waals surface area contributed by atoms with Gasteiger partial charge in [0.2, 0.25) is 11.8 Å². The number of anilines is 2. The minimum atomic E-state index is -5.02. The molecule has 12 heteroatoms. The van der Waals surface area contributed by atoms with Gasteiger partial charge in [0.05, 0.1) is 22.5 Å². The van der Waals surface area contributed by atoms with Crippen LogP contribution in [-0.2, 0) is 21.9 Å². The first-order valence-corrected chi connectivity index (χ1v) is 11.7. The van der Waals surface area contributed by atoms with Gasteiger partial charge in [-0.3, -0.25) is 9.59 Å². The average Bonchev–Trinajstić information content (AvgIpc) is 2.69. The molecule has 0 saturated carbocycles. The fourth-order valence-corrected chi connectivity index (χ4v) is 4.02. The van der Waals surface area contributed by atoms with E-state index in [1.165, 1.54) is 0 Å². The highest BCUT2D eigenvalue weighted by Gasteiger charge is 2.39. The lowest BCUT2D eigenvalue weighted by atomic mass is 9.93. The maximum atomic E-state index is 13.9. The zero-order valence-electron chi connectivity index (χ0n) is 18.0. The molecule has 0 aliphatic heterocycles. The number of rotatable bonds is 7. The molecule has 2 aromatic rings. The van der Waals surface area contributed by atoms with Gasteiger partial charge >= 0.3 is 12.4 Å². The van der Waals surface area contributed by atoms with E-state index >= 15 is 0 Å². The number of carbonyl (C=O) groups excluding carboxylic acids is 2. The molecule has 0 spiro atoms. The first-order valence-electron chi connectivity index (χ1n) is 10.1. The number of hydrogen-bond acceptors (Lipinski definition) is 2. The molecule has 2 N–H and O–H groups in total. The molecule has 0 fully saturated rings. The van der Waals surface area contributed by atoms with Crippen LogP contribution >= 0.6 is 31.9 Å². The second-order valence-corrected chi connectivity index (χ2v) is 9.06. The van der Waals surface area contributed by atoms with Crippen molar-refractivity contribution in [2.24, 2.45) is 0 Å². The minimum absolute atomic E-state index is 0.0236. The van der Waals surface area contributed by atoms with Crippen molar-refractivity contribution in [3.05, 3.63) is 44.3 Å². The lowest BCUT2D eigenvalue weighted by molar-refractivity contribution is -0.139. The Bertz CT molecular complexity index is 999. The molecule has 0 unspecified atom stereocenters. The van der Waals surface area contributed by atoms with Gasteiger partial charge in [0.25, 0.3) is 0 Å². The third-order valence-electron chi connectivity index (χ3n) is 4.62. The van der Waals surface area contributed by atoms with Crippen molar-refractivity contribution in [3.8, 4) is 11.1 Å². The Hall–Kier alpha value is -2.08. The zero-order valence-corrected chi connectivity index (χ0v) is 21.2. The van der Waals surface area contributed by atoms with Gasteiger partial charge in [0, 0.05) is 21.8 Å². The molecule has 34 heavy (non-hydrogen) atoms. The molecule has 2 amide bonds. The highest BCUT2D eigenvalue weighted by molar-refractivity contribution is 9.11. The van der Waals surface area contributed by atoms with Gasteiger partial charge in [0.1, 0.15) is 0 Å². The van der Waals surface area contributed by atoms with Gasteiger partial charge in [-0.05, 0) is 80.1 Å². The first kappa shape index (κ1) is 28.2. The van der Waals surface area contributed by atoms with E-state index in [-0.39, 0.29) is 33.2 Å². The number of halogens is 8. The molecule has 0 saturated heterocycles. The fraction of sp³-hybridized carbons (Fsp3) is 0.364. The SMILES string of the molecule is CCCC(=O)Nc1cc(C(F)(F)F)c(-c2cc(Br)c(NC(=O)CCC)cc2C(F)(F)F)cc1Br. The standard InChI is InChI=1S/C22H20Br2F6N2O2/c1-3-5-19(33)31-17-9-13(21(25,26)27)11(7-15(17)23)12-8-16(24)18(32-20(34)6-4-2)10-14(12)22(28,29)30/h7-10H,3-6H2,1-2H3,(H,31,33)(H,32,34). The average molecular weight is 618 g/mol. The smallest absolute Gasteiger partial charge is 0.325 e. The highest BCUT2D eigenvalue weighted by Crippen LogP contribution is 2.47. The van der Waals surface area contributed by atoms with Crippen LogP contribution in [0.25, 0.3) is 11.1 Å². The topological polar surface area (TPSA) is 58.2 Å². The van der Waals surface area contributed by atoms with E-state index in [1.807, 2.05) is 0 Å². The van der Waals surface area contributed by atoms with Gasteiger partial charge in [-0.1, -0.05) is 13.8 Å². The Morgan fingerprint density at radius 2 is 1.03 bits per heavy atom. The van der Waals surface area contributed by atoms with Crippen LogP contribution in [-0.4, -0.2) is 11.8 Å². The number of hydrogen-bond donors (Lipinski definition) is 2. The fourth-order valence-electron chi connectivity index (χ4n) is 3.13. The lowest BCUT2D eigenvalue weighted by Gasteiger charge is -2.21. The third-order valence-corrected chi connectivity index (χ3v) is 5.93.